The molecule has 3 aromatic rings. The predicted molar refractivity (Wildman–Crippen MR) is 75.9 cm³/mol. The van der Waals surface area contributed by atoms with Gasteiger partial charge >= 0.3 is 5.97 Å². The van der Waals surface area contributed by atoms with E-state index in [4.69, 9.17) is 9.26 Å². The number of hydrogen-bond donors (Lipinski definition) is 1. The smallest absolute Gasteiger partial charge is 0.359 e. The molecule has 2 aromatic heterocycles. The van der Waals surface area contributed by atoms with Gasteiger partial charge < -0.3 is 9.26 Å². The lowest BCUT2D eigenvalue weighted by Crippen LogP contribution is -2.13. The van der Waals surface area contributed by atoms with Crippen molar-refractivity contribution in [2.24, 2.45) is 0 Å². The second kappa shape index (κ2) is 6.22. The fraction of sp³-hybridized carbons (Fsp3) is 0.0667. The molecule has 0 aliphatic carbocycles. The summed E-state index contributed by atoms with van der Waals surface area (Å²) in [6.45, 7) is -0.169. The molecule has 2 heterocycles. The fourth-order valence-electron chi connectivity index (χ4n) is 1.84. The van der Waals surface area contributed by atoms with E-state index in [9.17, 15) is 14.0 Å². The van der Waals surface area contributed by atoms with Gasteiger partial charge in [-0.1, -0.05) is 17.3 Å². The molecule has 0 amide bonds. The Bertz CT molecular complexity index is 883. The molecule has 3 rings (SSSR count). The number of rotatable bonds is 4. The summed E-state index contributed by atoms with van der Waals surface area (Å²) in [4.78, 5) is 22.6. The van der Waals surface area contributed by atoms with Gasteiger partial charge in [0.1, 0.15) is 18.1 Å². The van der Waals surface area contributed by atoms with Crippen LogP contribution in [0.15, 0.2) is 51.8 Å². The molecule has 7 nitrogen and oxygen atoms in total. The number of halogens is 1. The molecule has 0 saturated heterocycles. The first-order valence-corrected chi connectivity index (χ1v) is 6.57. The monoisotopic (exact) mass is 315 g/mol. The molecule has 1 N–H and O–H groups in total. The lowest BCUT2D eigenvalue weighted by Gasteiger charge is -2.00. The topological polar surface area (TPSA) is 98.1 Å². The van der Waals surface area contributed by atoms with Crippen LogP contribution >= 0.6 is 0 Å². The molecule has 0 spiro atoms. The molecule has 0 aliphatic rings. The first-order chi connectivity index (χ1) is 11.1. The van der Waals surface area contributed by atoms with E-state index in [0.717, 1.165) is 6.07 Å². The van der Waals surface area contributed by atoms with Crippen molar-refractivity contribution in [1.29, 1.82) is 0 Å². The number of hydrogen-bond acceptors (Lipinski definition) is 6. The maximum atomic E-state index is 13.6. The van der Waals surface area contributed by atoms with Gasteiger partial charge in [-0.05, 0) is 18.2 Å². The van der Waals surface area contributed by atoms with E-state index in [0.29, 0.717) is 5.69 Å². The number of carbonyl (C=O) groups is 1. The van der Waals surface area contributed by atoms with Gasteiger partial charge in [-0.15, -0.1) is 0 Å². The first kappa shape index (κ1) is 14.6. The van der Waals surface area contributed by atoms with Gasteiger partial charge in [-0.2, -0.15) is 5.10 Å². The minimum absolute atomic E-state index is 0.0394. The third kappa shape index (κ3) is 3.31. The second-order valence-corrected chi connectivity index (χ2v) is 4.54. The van der Waals surface area contributed by atoms with Crippen molar-refractivity contribution >= 4 is 5.97 Å². The van der Waals surface area contributed by atoms with Crippen LogP contribution in [0.5, 0.6) is 0 Å². The Hall–Kier alpha value is -3.29. The van der Waals surface area contributed by atoms with Crippen LogP contribution in [0.1, 0.15) is 16.2 Å². The maximum Gasteiger partial charge on any atom is 0.359 e. The zero-order valence-electron chi connectivity index (χ0n) is 11.7. The van der Waals surface area contributed by atoms with Crippen molar-refractivity contribution in [3.8, 4) is 11.3 Å². The normalized spacial score (nSPS) is 10.5. The average molecular weight is 315 g/mol. The van der Waals surface area contributed by atoms with E-state index < -0.39 is 17.3 Å². The highest BCUT2D eigenvalue weighted by molar-refractivity contribution is 5.86. The zero-order chi connectivity index (χ0) is 16.2. The van der Waals surface area contributed by atoms with Gasteiger partial charge in [-0.3, -0.25) is 4.79 Å². The Morgan fingerprint density at radius 1 is 1.26 bits per heavy atom. The minimum atomic E-state index is -0.725. The van der Waals surface area contributed by atoms with E-state index in [1.54, 1.807) is 18.2 Å². The summed E-state index contributed by atoms with van der Waals surface area (Å²) in [5.74, 6) is -0.933. The van der Waals surface area contributed by atoms with Crippen LogP contribution in [0.4, 0.5) is 4.39 Å². The van der Waals surface area contributed by atoms with E-state index in [1.807, 2.05) is 0 Å². The number of aromatic amines is 1. The predicted octanol–water partition coefficient (Wildman–Crippen LogP) is 1.92. The van der Waals surface area contributed by atoms with Crippen molar-refractivity contribution in [3.05, 3.63) is 70.0 Å². The van der Waals surface area contributed by atoms with Gasteiger partial charge in [0.2, 0.25) is 0 Å². The SMILES string of the molecule is O=C(OCc1cc(-c2ccccc2F)on1)c1ccc(=O)[nH]n1. The largest absolute Gasteiger partial charge is 0.454 e. The molecule has 8 heteroatoms. The average Bonchev–Trinajstić information content (AvgIpc) is 3.02. The van der Waals surface area contributed by atoms with Gasteiger partial charge in [-0.25, -0.2) is 14.3 Å². The number of ether oxygens (including phenoxy) is 1. The summed E-state index contributed by atoms with van der Waals surface area (Å²) in [5, 5.41) is 9.39. The molecule has 0 radical (unpaired) electrons. The van der Waals surface area contributed by atoms with Crippen LogP contribution < -0.4 is 5.56 Å². The molecule has 0 atom stereocenters. The Labute approximate surface area is 128 Å². The Kier molecular flexibility index (Phi) is 3.96. The van der Waals surface area contributed by atoms with E-state index in [-0.39, 0.29) is 23.6 Å². The van der Waals surface area contributed by atoms with Crippen LogP contribution in [-0.4, -0.2) is 21.3 Å². The van der Waals surface area contributed by atoms with Crippen LogP contribution in [0.3, 0.4) is 0 Å². The van der Waals surface area contributed by atoms with Gasteiger partial charge in [0, 0.05) is 12.1 Å². The summed E-state index contributed by atoms with van der Waals surface area (Å²) in [6.07, 6.45) is 0. The molecular formula is C15H10FN3O4. The second-order valence-electron chi connectivity index (χ2n) is 4.54. The summed E-state index contributed by atoms with van der Waals surface area (Å²) in [5.41, 5.74) is 0.121. The van der Waals surface area contributed by atoms with Crippen molar-refractivity contribution < 1.29 is 18.4 Å². The standard InChI is InChI=1S/C15H10FN3O4/c16-11-4-2-1-3-10(11)13-7-9(19-23-13)8-22-15(21)12-5-6-14(20)18-17-12/h1-7H,8H2,(H,18,20). The minimum Gasteiger partial charge on any atom is -0.454 e. The van der Waals surface area contributed by atoms with Gasteiger partial charge in [0.15, 0.2) is 11.5 Å². The highest BCUT2D eigenvalue weighted by Crippen LogP contribution is 2.23. The van der Waals surface area contributed by atoms with E-state index in [2.05, 4.69) is 15.4 Å². The Balaban J connectivity index is 1.68. The first-order valence-electron chi connectivity index (χ1n) is 6.57. The van der Waals surface area contributed by atoms with Gasteiger partial charge in [0.05, 0.1) is 5.56 Å². The quantitative estimate of drug-likeness (QED) is 0.739. The molecule has 1 aromatic carbocycles. The van der Waals surface area contributed by atoms with Crippen LogP contribution in [0.25, 0.3) is 11.3 Å². The third-order valence-electron chi connectivity index (χ3n) is 2.94. The van der Waals surface area contributed by atoms with Crippen molar-refractivity contribution in [2.75, 3.05) is 0 Å². The molecule has 0 saturated carbocycles. The lowest BCUT2D eigenvalue weighted by atomic mass is 10.1. The van der Waals surface area contributed by atoms with E-state index in [1.165, 1.54) is 18.2 Å². The molecule has 0 fully saturated rings. The molecule has 23 heavy (non-hydrogen) atoms. The highest BCUT2D eigenvalue weighted by atomic mass is 19.1. The lowest BCUT2D eigenvalue weighted by molar-refractivity contribution is 0.0456. The van der Waals surface area contributed by atoms with Crippen molar-refractivity contribution in [1.82, 2.24) is 15.4 Å². The van der Waals surface area contributed by atoms with Crippen molar-refractivity contribution in [2.45, 2.75) is 6.61 Å². The molecular weight excluding hydrogens is 305 g/mol. The number of H-pyrrole nitrogens is 1. The number of carbonyl (C=O) groups excluding carboxylic acids is 1. The van der Waals surface area contributed by atoms with Crippen molar-refractivity contribution in [3.63, 3.8) is 0 Å². The number of aromatic nitrogens is 3. The van der Waals surface area contributed by atoms with Gasteiger partial charge in [0.25, 0.3) is 5.56 Å². The van der Waals surface area contributed by atoms with Crippen LogP contribution in [-0.2, 0) is 11.3 Å². The number of esters is 1. The Morgan fingerprint density at radius 2 is 2.09 bits per heavy atom. The fourth-order valence-corrected chi connectivity index (χ4v) is 1.84. The number of benzene rings is 1. The van der Waals surface area contributed by atoms with E-state index >= 15 is 0 Å². The summed E-state index contributed by atoms with van der Waals surface area (Å²) >= 11 is 0. The molecule has 116 valence electrons. The molecule has 0 unspecified atom stereocenters. The zero-order valence-corrected chi connectivity index (χ0v) is 11.7. The number of nitrogens with one attached hydrogen (secondary N) is 1. The van der Waals surface area contributed by atoms with Crippen LogP contribution in [0, 0.1) is 5.82 Å². The summed E-state index contributed by atoms with van der Waals surface area (Å²) in [7, 11) is 0. The number of nitrogens with zero attached hydrogens (tertiary/aromatic N) is 2. The summed E-state index contributed by atoms with van der Waals surface area (Å²) in [6, 6.07) is 9.98. The van der Waals surface area contributed by atoms with Crippen LogP contribution in [0.2, 0.25) is 0 Å². The third-order valence-corrected chi connectivity index (χ3v) is 2.94. The molecule has 0 bridgehead atoms. The highest BCUT2D eigenvalue weighted by Gasteiger charge is 2.14. The maximum absolute atomic E-state index is 13.6. The molecule has 0 aliphatic heterocycles. The Morgan fingerprint density at radius 3 is 2.83 bits per heavy atom. The summed E-state index contributed by atoms with van der Waals surface area (Å²) < 4.78 is 23.7.